The minimum absolute atomic E-state index is 0.432. The van der Waals surface area contributed by atoms with Crippen molar-refractivity contribution < 1.29 is 0 Å². The highest BCUT2D eigenvalue weighted by Gasteiger charge is 2.09. The van der Waals surface area contributed by atoms with Crippen molar-refractivity contribution in [2.75, 3.05) is 0 Å². The molecular formula is C18H15PS. The SMILES string of the molecule is C(=C/P(c1ccccc1)c1ccccc1)/c1ccsc1. The topological polar surface area (TPSA) is 0 Å². The molecule has 0 radical (unpaired) electrons. The molecule has 0 aliphatic carbocycles. The third-order valence-corrected chi connectivity index (χ3v) is 5.89. The van der Waals surface area contributed by atoms with E-state index in [4.69, 9.17) is 0 Å². The summed E-state index contributed by atoms with van der Waals surface area (Å²) in [7, 11) is -0.432. The van der Waals surface area contributed by atoms with Crippen LogP contribution in [0.3, 0.4) is 0 Å². The van der Waals surface area contributed by atoms with E-state index in [1.165, 1.54) is 16.2 Å². The minimum Gasteiger partial charge on any atom is -0.152 e. The second kappa shape index (κ2) is 6.65. The van der Waals surface area contributed by atoms with Gasteiger partial charge in [-0.15, -0.1) is 0 Å². The summed E-state index contributed by atoms with van der Waals surface area (Å²) in [5, 5.41) is 7.08. The summed E-state index contributed by atoms with van der Waals surface area (Å²) in [5.41, 5.74) is 1.29. The third-order valence-electron chi connectivity index (χ3n) is 3.03. The van der Waals surface area contributed by atoms with Gasteiger partial charge in [0, 0.05) is 0 Å². The van der Waals surface area contributed by atoms with Crippen molar-refractivity contribution in [1.29, 1.82) is 0 Å². The van der Waals surface area contributed by atoms with E-state index in [0.29, 0.717) is 0 Å². The van der Waals surface area contributed by atoms with E-state index in [2.05, 4.69) is 89.4 Å². The molecule has 1 heterocycles. The highest BCUT2D eigenvalue weighted by atomic mass is 32.1. The molecule has 0 fully saturated rings. The lowest BCUT2D eigenvalue weighted by molar-refractivity contribution is 1.75. The van der Waals surface area contributed by atoms with Crippen LogP contribution in [-0.4, -0.2) is 0 Å². The van der Waals surface area contributed by atoms with Crippen molar-refractivity contribution in [2.45, 2.75) is 0 Å². The van der Waals surface area contributed by atoms with Crippen molar-refractivity contribution in [2.24, 2.45) is 0 Å². The van der Waals surface area contributed by atoms with E-state index in [1.807, 2.05) is 0 Å². The number of hydrogen-bond donors (Lipinski definition) is 0. The Hall–Kier alpha value is -1.69. The monoisotopic (exact) mass is 294 g/mol. The molecule has 3 rings (SSSR count). The summed E-state index contributed by atoms with van der Waals surface area (Å²) in [6, 6.07) is 23.6. The van der Waals surface area contributed by atoms with Crippen LogP contribution in [0, 0.1) is 0 Å². The normalized spacial score (nSPS) is 11.2. The zero-order chi connectivity index (χ0) is 13.6. The van der Waals surface area contributed by atoms with Crippen LogP contribution in [0.2, 0.25) is 0 Å². The average molecular weight is 294 g/mol. The Bertz CT molecular complexity index is 618. The maximum Gasteiger partial charge on any atom is -0.00207 e. The molecular weight excluding hydrogens is 279 g/mol. The Balaban J connectivity index is 1.96. The van der Waals surface area contributed by atoms with Crippen molar-refractivity contribution in [1.82, 2.24) is 0 Å². The van der Waals surface area contributed by atoms with Gasteiger partial charge < -0.3 is 0 Å². The molecule has 0 unspecified atom stereocenters. The molecule has 0 aliphatic rings. The zero-order valence-electron chi connectivity index (χ0n) is 11.0. The third kappa shape index (κ3) is 3.25. The van der Waals surface area contributed by atoms with Crippen LogP contribution in [0.25, 0.3) is 6.08 Å². The minimum atomic E-state index is -0.432. The highest BCUT2D eigenvalue weighted by Crippen LogP contribution is 2.35. The van der Waals surface area contributed by atoms with Gasteiger partial charge in [0.25, 0.3) is 0 Å². The second-order valence-corrected chi connectivity index (χ2v) is 7.26. The molecule has 0 nitrogen and oxygen atoms in total. The largest absolute Gasteiger partial charge is 0.152 e. The maximum atomic E-state index is 2.35. The molecule has 2 aromatic carbocycles. The van der Waals surface area contributed by atoms with E-state index in [0.717, 1.165) is 0 Å². The van der Waals surface area contributed by atoms with Crippen LogP contribution in [0.1, 0.15) is 5.56 Å². The fourth-order valence-corrected chi connectivity index (χ4v) is 4.61. The first kappa shape index (κ1) is 13.3. The molecule has 98 valence electrons. The molecule has 1 aromatic heterocycles. The summed E-state index contributed by atoms with van der Waals surface area (Å²) in [4.78, 5) is 0. The van der Waals surface area contributed by atoms with E-state index in [-0.39, 0.29) is 0 Å². The van der Waals surface area contributed by atoms with Crippen LogP contribution >= 0.6 is 19.3 Å². The fraction of sp³-hybridized carbons (Fsp3) is 0. The van der Waals surface area contributed by atoms with E-state index < -0.39 is 7.92 Å². The first-order valence-electron chi connectivity index (χ1n) is 6.53. The van der Waals surface area contributed by atoms with Gasteiger partial charge in [-0.1, -0.05) is 72.6 Å². The van der Waals surface area contributed by atoms with Crippen molar-refractivity contribution in [3.05, 3.63) is 88.9 Å². The van der Waals surface area contributed by atoms with Crippen molar-refractivity contribution in [3.8, 4) is 0 Å². The first-order valence-corrected chi connectivity index (χ1v) is 8.88. The van der Waals surface area contributed by atoms with Gasteiger partial charge in [0.05, 0.1) is 0 Å². The fourth-order valence-electron chi connectivity index (χ4n) is 2.03. The standard InChI is InChI=1S/C18H15PS/c1-3-7-17(8-4-1)19(18-9-5-2-6-10-18)13-11-16-12-14-20-15-16/h1-15H/b13-11-. The molecule has 0 N–H and O–H groups in total. The summed E-state index contributed by atoms with van der Waals surface area (Å²) < 4.78 is 0. The van der Waals surface area contributed by atoms with Crippen LogP contribution in [0.5, 0.6) is 0 Å². The van der Waals surface area contributed by atoms with Crippen LogP contribution < -0.4 is 10.6 Å². The Kier molecular flexibility index (Phi) is 4.42. The van der Waals surface area contributed by atoms with Crippen LogP contribution in [0.15, 0.2) is 83.3 Å². The summed E-state index contributed by atoms with van der Waals surface area (Å²) >= 11 is 1.74. The van der Waals surface area contributed by atoms with E-state index in [1.54, 1.807) is 11.3 Å². The Morgan fingerprint density at radius 1 is 0.750 bits per heavy atom. The Labute approximate surface area is 125 Å². The zero-order valence-corrected chi connectivity index (χ0v) is 12.7. The van der Waals surface area contributed by atoms with Crippen molar-refractivity contribution >= 4 is 35.9 Å². The molecule has 0 amide bonds. The lowest BCUT2D eigenvalue weighted by Gasteiger charge is -2.14. The number of hydrogen-bond acceptors (Lipinski definition) is 1. The Morgan fingerprint density at radius 2 is 1.35 bits per heavy atom. The molecule has 0 atom stereocenters. The first-order chi connectivity index (χ1) is 9.93. The molecule has 2 heteroatoms. The predicted octanol–water partition coefficient (Wildman–Crippen LogP) is 4.85. The maximum absolute atomic E-state index is 2.35. The van der Waals surface area contributed by atoms with Gasteiger partial charge in [-0.25, -0.2) is 0 Å². The number of thiophene rings is 1. The molecule has 0 saturated carbocycles. The van der Waals surface area contributed by atoms with Gasteiger partial charge in [0.2, 0.25) is 0 Å². The molecule has 0 aliphatic heterocycles. The van der Waals surface area contributed by atoms with Gasteiger partial charge >= 0.3 is 0 Å². The van der Waals surface area contributed by atoms with E-state index in [9.17, 15) is 0 Å². The summed E-state index contributed by atoms with van der Waals surface area (Å²) in [5.74, 6) is 2.35. The van der Waals surface area contributed by atoms with Gasteiger partial charge in [0.15, 0.2) is 0 Å². The van der Waals surface area contributed by atoms with Crippen molar-refractivity contribution in [3.63, 3.8) is 0 Å². The molecule has 20 heavy (non-hydrogen) atoms. The van der Waals surface area contributed by atoms with Gasteiger partial charge in [0.1, 0.15) is 0 Å². The predicted molar refractivity (Wildman–Crippen MR) is 92.4 cm³/mol. The van der Waals surface area contributed by atoms with Gasteiger partial charge in [-0.3, -0.25) is 0 Å². The quantitative estimate of drug-likeness (QED) is 0.603. The lowest BCUT2D eigenvalue weighted by Crippen LogP contribution is -2.09. The lowest BCUT2D eigenvalue weighted by atomic mass is 10.3. The second-order valence-electron chi connectivity index (χ2n) is 4.41. The molecule has 3 aromatic rings. The summed E-state index contributed by atoms with van der Waals surface area (Å²) in [6.45, 7) is 0. The number of rotatable bonds is 4. The Morgan fingerprint density at radius 3 is 1.85 bits per heavy atom. The number of benzene rings is 2. The summed E-state index contributed by atoms with van der Waals surface area (Å²) in [6.07, 6.45) is 2.24. The molecule has 0 bridgehead atoms. The van der Waals surface area contributed by atoms with Crippen LogP contribution in [0.4, 0.5) is 0 Å². The van der Waals surface area contributed by atoms with Crippen LogP contribution in [-0.2, 0) is 0 Å². The van der Waals surface area contributed by atoms with Gasteiger partial charge in [-0.2, -0.15) is 11.3 Å². The van der Waals surface area contributed by atoms with E-state index >= 15 is 0 Å². The average Bonchev–Trinajstić information content (AvgIpc) is 3.03. The molecule has 0 spiro atoms. The van der Waals surface area contributed by atoms with Gasteiger partial charge in [-0.05, 0) is 40.9 Å². The smallest absolute Gasteiger partial charge is 0.00207 e. The highest BCUT2D eigenvalue weighted by molar-refractivity contribution is 7.75. The molecule has 0 saturated heterocycles.